The number of ether oxygens (including phenoxy) is 1. The second-order valence-electron chi connectivity index (χ2n) is 4.72. The number of halogens is 2. The number of benzene rings is 1. The van der Waals surface area contributed by atoms with Crippen LogP contribution < -0.4 is 5.32 Å². The van der Waals surface area contributed by atoms with Gasteiger partial charge >= 0.3 is 5.97 Å². The van der Waals surface area contributed by atoms with Crippen molar-refractivity contribution in [3.8, 4) is 0 Å². The Bertz CT molecular complexity index is 503. The highest BCUT2D eigenvalue weighted by molar-refractivity contribution is 5.85. The molecule has 0 bridgehead atoms. The average molecular weight is 285 g/mol. The zero-order valence-electron chi connectivity index (χ0n) is 11.6. The van der Waals surface area contributed by atoms with E-state index in [-0.39, 0.29) is 17.9 Å². The van der Waals surface area contributed by atoms with Gasteiger partial charge in [0.2, 0.25) is 5.91 Å². The van der Waals surface area contributed by atoms with Crippen LogP contribution in [0, 0.1) is 17.6 Å². The highest BCUT2D eigenvalue weighted by Crippen LogP contribution is 2.11. The van der Waals surface area contributed by atoms with E-state index in [2.05, 4.69) is 10.1 Å². The number of esters is 1. The zero-order chi connectivity index (χ0) is 15.3. The van der Waals surface area contributed by atoms with Crippen LogP contribution in [-0.2, 0) is 20.7 Å². The molecule has 0 aliphatic heterocycles. The van der Waals surface area contributed by atoms with Gasteiger partial charge in [0.05, 0.1) is 13.5 Å². The van der Waals surface area contributed by atoms with E-state index in [1.54, 1.807) is 13.8 Å². The third-order valence-electron chi connectivity index (χ3n) is 2.80. The number of nitrogens with one attached hydrogen (secondary N) is 1. The Morgan fingerprint density at radius 1 is 1.30 bits per heavy atom. The lowest BCUT2D eigenvalue weighted by Gasteiger charge is -2.19. The summed E-state index contributed by atoms with van der Waals surface area (Å²) < 4.78 is 30.8. The van der Waals surface area contributed by atoms with Crippen molar-refractivity contribution in [2.24, 2.45) is 5.92 Å². The lowest BCUT2D eigenvalue weighted by Crippen LogP contribution is -2.45. The fourth-order valence-corrected chi connectivity index (χ4v) is 1.69. The number of amides is 1. The van der Waals surface area contributed by atoms with E-state index in [4.69, 9.17) is 0 Å². The molecule has 0 saturated carbocycles. The molecular formula is C14H17F2NO3. The second-order valence-corrected chi connectivity index (χ2v) is 4.72. The predicted molar refractivity (Wildman–Crippen MR) is 68.8 cm³/mol. The first kappa shape index (κ1) is 16.1. The van der Waals surface area contributed by atoms with Gasteiger partial charge in [0.25, 0.3) is 0 Å². The van der Waals surface area contributed by atoms with Gasteiger partial charge in [-0.2, -0.15) is 0 Å². The highest BCUT2D eigenvalue weighted by atomic mass is 19.1. The van der Waals surface area contributed by atoms with Crippen molar-refractivity contribution in [1.29, 1.82) is 0 Å². The normalized spacial score (nSPS) is 12.1. The molecule has 1 unspecified atom stereocenters. The molecule has 4 nitrogen and oxygen atoms in total. The van der Waals surface area contributed by atoms with E-state index in [0.717, 1.165) is 6.07 Å². The molecule has 0 aromatic heterocycles. The van der Waals surface area contributed by atoms with Crippen molar-refractivity contribution in [2.45, 2.75) is 26.3 Å². The van der Waals surface area contributed by atoms with Gasteiger partial charge in [-0.1, -0.05) is 19.9 Å². The van der Waals surface area contributed by atoms with E-state index in [1.165, 1.54) is 13.2 Å². The fraction of sp³-hybridized carbons (Fsp3) is 0.429. The summed E-state index contributed by atoms with van der Waals surface area (Å²) in [5.41, 5.74) is 0.0660. The molecule has 1 aromatic rings. The molecule has 1 atom stereocenters. The third kappa shape index (κ3) is 4.29. The van der Waals surface area contributed by atoms with Gasteiger partial charge in [0.15, 0.2) is 0 Å². The second kappa shape index (κ2) is 6.98. The summed E-state index contributed by atoms with van der Waals surface area (Å²) in [7, 11) is 1.23. The molecule has 0 radical (unpaired) electrons. The van der Waals surface area contributed by atoms with Crippen molar-refractivity contribution in [1.82, 2.24) is 5.32 Å². The van der Waals surface area contributed by atoms with Crippen LogP contribution in [0.25, 0.3) is 0 Å². The molecule has 1 rings (SSSR count). The summed E-state index contributed by atoms with van der Waals surface area (Å²) in [5.74, 6) is -2.75. The molecular weight excluding hydrogens is 268 g/mol. The van der Waals surface area contributed by atoms with Crippen LogP contribution in [0.5, 0.6) is 0 Å². The molecule has 0 aliphatic rings. The van der Waals surface area contributed by atoms with Gasteiger partial charge < -0.3 is 10.1 Å². The topological polar surface area (TPSA) is 55.4 Å². The van der Waals surface area contributed by atoms with E-state index < -0.39 is 29.6 Å². The lowest BCUT2D eigenvalue weighted by molar-refractivity contribution is -0.146. The van der Waals surface area contributed by atoms with E-state index in [9.17, 15) is 18.4 Å². The first-order valence-electron chi connectivity index (χ1n) is 6.16. The summed E-state index contributed by atoms with van der Waals surface area (Å²) >= 11 is 0. The van der Waals surface area contributed by atoms with Crippen LogP contribution in [0.3, 0.4) is 0 Å². The maximum atomic E-state index is 13.4. The molecule has 6 heteroatoms. The highest BCUT2D eigenvalue weighted by Gasteiger charge is 2.25. The molecule has 0 spiro atoms. The van der Waals surface area contributed by atoms with Crippen LogP contribution >= 0.6 is 0 Å². The molecule has 0 heterocycles. The standard InChI is InChI=1S/C14H17F2NO3/c1-8(2)13(14(19)20-3)17-12(18)6-9-4-5-10(15)7-11(9)16/h4-5,7-8,13H,6H2,1-3H3,(H,17,18). The van der Waals surface area contributed by atoms with Gasteiger partial charge in [0, 0.05) is 6.07 Å². The number of hydrogen-bond acceptors (Lipinski definition) is 3. The number of carbonyl (C=O) groups is 2. The van der Waals surface area contributed by atoms with Gasteiger partial charge in [-0.25, -0.2) is 13.6 Å². The Morgan fingerprint density at radius 2 is 1.95 bits per heavy atom. The van der Waals surface area contributed by atoms with Gasteiger partial charge in [-0.05, 0) is 17.5 Å². The molecule has 0 fully saturated rings. The van der Waals surface area contributed by atoms with Crippen molar-refractivity contribution < 1.29 is 23.1 Å². The molecule has 20 heavy (non-hydrogen) atoms. The van der Waals surface area contributed by atoms with Crippen LogP contribution in [0.1, 0.15) is 19.4 Å². The summed E-state index contributed by atoms with van der Waals surface area (Å²) in [6, 6.07) is 2.19. The predicted octanol–water partition coefficient (Wildman–Crippen LogP) is 1.82. The monoisotopic (exact) mass is 285 g/mol. The lowest BCUT2D eigenvalue weighted by atomic mass is 10.0. The molecule has 0 saturated heterocycles. The number of hydrogen-bond donors (Lipinski definition) is 1. The maximum absolute atomic E-state index is 13.4. The fourth-order valence-electron chi connectivity index (χ4n) is 1.69. The molecule has 110 valence electrons. The smallest absolute Gasteiger partial charge is 0.328 e. The summed E-state index contributed by atoms with van der Waals surface area (Å²) in [6.45, 7) is 3.50. The van der Waals surface area contributed by atoms with E-state index >= 15 is 0 Å². The van der Waals surface area contributed by atoms with E-state index in [0.29, 0.717) is 6.07 Å². The van der Waals surface area contributed by atoms with Gasteiger partial charge in [-0.15, -0.1) is 0 Å². The molecule has 1 amide bonds. The van der Waals surface area contributed by atoms with Crippen molar-refractivity contribution in [3.05, 3.63) is 35.4 Å². The SMILES string of the molecule is COC(=O)C(NC(=O)Cc1ccc(F)cc1F)C(C)C. The molecule has 1 N–H and O–H groups in total. The Balaban J connectivity index is 2.73. The third-order valence-corrected chi connectivity index (χ3v) is 2.80. The summed E-state index contributed by atoms with van der Waals surface area (Å²) in [5, 5.41) is 2.48. The minimum Gasteiger partial charge on any atom is -0.467 e. The Morgan fingerprint density at radius 3 is 2.45 bits per heavy atom. The number of methoxy groups -OCH3 is 1. The average Bonchev–Trinajstić information content (AvgIpc) is 2.38. The molecule has 0 aliphatic carbocycles. The molecule has 1 aromatic carbocycles. The van der Waals surface area contributed by atoms with Gasteiger partial charge in [-0.3, -0.25) is 4.79 Å². The first-order chi connectivity index (χ1) is 9.35. The maximum Gasteiger partial charge on any atom is 0.328 e. The van der Waals surface area contributed by atoms with Crippen molar-refractivity contribution >= 4 is 11.9 Å². The Kier molecular flexibility index (Phi) is 5.61. The first-order valence-corrected chi connectivity index (χ1v) is 6.16. The van der Waals surface area contributed by atoms with Crippen molar-refractivity contribution in [3.63, 3.8) is 0 Å². The minimum absolute atomic E-state index is 0.0660. The largest absolute Gasteiger partial charge is 0.467 e. The quantitative estimate of drug-likeness (QED) is 0.840. The number of carbonyl (C=O) groups excluding carboxylic acids is 2. The van der Waals surface area contributed by atoms with Crippen LogP contribution in [0.4, 0.5) is 8.78 Å². The van der Waals surface area contributed by atoms with E-state index in [1.807, 2.05) is 0 Å². The summed E-state index contributed by atoms with van der Waals surface area (Å²) in [4.78, 5) is 23.3. The van der Waals surface area contributed by atoms with Crippen molar-refractivity contribution in [2.75, 3.05) is 7.11 Å². The van der Waals surface area contributed by atoms with Crippen LogP contribution in [0.2, 0.25) is 0 Å². The van der Waals surface area contributed by atoms with Crippen LogP contribution in [-0.4, -0.2) is 25.0 Å². The van der Waals surface area contributed by atoms with Crippen LogP contribution in [0.15, 0.2) is 18.2 Å². The minimum atomic E-state index is -0.795. The number of rotatable bonds is 5. The van der Waals surface area contributed by atoms with Gasteiger partial charge in [0.1, 0.15) is 17.7 Å². The summed E-state index contributed by atoms with van der Waals surface area (Å²) in [6.07, 6.45) is -0.272. The Hall–Kier alpha value is -1.98. The Labute approximate surface area is 116 Å². The zero-order valence-corrected chi connectivity index (χ0v) is 11.6.